The second-order valence-electron chi connectivity index (χ2n) is 1.51. The first kappa shape index (κ1) is 8.62. The van der Waals surface area contributed by atoms with Gasteiger partial charge in [-0.05, 0) is 6.92 Å². The maximum atomic E-state index is 10.2. The van der Waals surface area contributed by atoms with E-state index in [0.29, 0.717) is 0 Å². The predicted octanol–water partition coefficient (Wildman–Crippen LogP) is -0.833. The van der Waals surface area contributed by atoms with Crippen LogP contribution in [0.1, 0.15) is 6.92 Å². The lowest BCUT2D eigenvalue weighted by atomic mass is 10.8. The van der Waals surface area contributed by atoms with Gasteiger partial charge in [-0.2, -0.15) is 0 Å². The second-order valence-corrected chi connectivity index (χ2v) is 3.46. The van der Waals surface area contributed by atoms with Crippen molar-refractivity contribution in [2.45, 2.75) is 12.7 Å². The summed E-state index contributed by atoms with van der Waals surface area (Å²) in [6.45, 7) is 1.20. The van der Waals surface area contributed by atoms with Crippen LogP contribution in [0.15, 0.2) is 0 Å². The van der Waals surface area contributed by atoms with Gasteiger partial charge in [-0.15, -0.1) is 0 Å². The normalized spacial score (nSPS) is 14.6. The van der Waals surface area contributed by atoms with Crippen LogP contribution in [0.5, 0.6) is 0 Å². The highest BCUT2D eigenvalue weighted by Gasteiger charge is 2.22. The van der Waals surface area contributed by atoms with E-state index >= 15 is 0 Å². The van der Waals surface area contributed by atoms with Crippen molar-refractivity contribution >= 4 is 14.0 Å². The van der Waals surface area contributed by atoms with E-state index in [9.17, 15) is 9.36 Å². The van der Waals surface area contributed by atoms with E-state index in [1.807, 2.05) is 5.32 Å². The highest BCUT2D eigenvalue weighted by Crippen LogP contribution is 2.38. The van der Waals surface area contributed by atoms with Gasteiger partial charge < -0.3 is 15.1 Å². The molecule has 0 aliphatic heterocycles. The van der Waals surface area contributed by atoms with Crippen LogP contribution in [0.2, 0.25) is 0 Å². The Morgan fingerprint density at radius 1 is 1.67 bits per heavy atom. The lowest BCUT2D eigenvalue weighted by Gasteiger charge is -2.09. The summed E-state index contributed by atoms with van der Waals surface area (Å²) in [5.41, 5.74) is 0. The molecular formula is C3H7NO4P. The van der Waals surface area contributed by atoms with Gasteiger partial charge in [0, 0.05) is 0 Å². The van der Waals surface area contributed by atoms with Crippen molar-refractivity contribution in [2.24, 2.45) is 0 Å². The molecule has 3 N–H and O–H groups in total. The number of carbonyl (C=O) groups excluding carboxylic acids is 1. The van der Waals surface area contributed by atoms with Crippen molar-refractivity contribution in [3.05, 3.63) is 0 Å². The van der Waals surface area contributed by atoms with E-state index in [1.54, 1.807) is 0 Å². The zero-order valence-electron chi connectivity index (χ0n) is 4.74. The molecule has 0 aliphatic carbocycles. The second kappa shape index (κ2) is 2.96. The molecule has 5 nitrogen and oxygen atoms in total. The summed E-state index contributed by atoms with van der Waals surface area (Å²) in [7, 11) is -4.15. The zero-order valence-corrected chi connectivity index (χ0v) is 5.63. The Kier molecular flexibility index (Phi) is 2.84. The molecule has 1 radical (unpaired) electrons. The summed E-state index contributed by atoms with van der Waals surface area (Å²) < 4.78 is 10.2. The van der Waals surface area contributed by atoms with Crippen LogP contribution < -0.4 is 5.32 Å². The van der Waals surface area contributed by atoms with Gasteiger partial charge in [0.05, 0.1) is 0 Å². The quantitative estimate of drug-likeness (QED) is 0.363. The first-order chi connectivity index (χ1) is 3.98. The average Bonchev–Trinajstić information content (AvgIpc) is 1.64. The number of amides is 1. The molecule has 1 unspecified atom stereocenters. The third-order valence-electron chi connectivity index (χ3n) is 0.772. The third-order valence-corrected chi connectivity index (χ3v) is 1.91. The van der Waals surface area contributed by atoms with Crippen LogP contribution in [-0.4, -0.2) is 22.0 Å². The minimum Gasteiger partial charge on any atom is -0.334 e. The van der Waals surface area contributed by atoms with Crippen molar-refractivity contribution < 1.29 is 19.1 Å². The highest BCUT2D eigenvalue weighted by atomic mass is 31.2. The van der Waals surface area contributed by atoms with Gasteiger partial charge >= 0.3 is 14.0 Å². The number of hydrogen-bond acceptors (Lipinski definition) is 2. The summed E-state index contributed by atoms with van der Waals surface area (Å²) in [6.07, 6.45) is 1.18. The first-order valence-corrected chi connectivity index (χ1v) is 3.84. The highest BCUT2D eigenvalue weighted by molar-refractivity contribution is 7.52. The van der Waals surface area contributed by atoms with E-state index in [0.717, 1.165) is 0 Å². The number of hydrogen-bond donors (Lipinski definition) is 3. The molecule has 1 atom stereocenters. The standard InChI is InChI=1S/C3H7NO4P/c1-3(4-2-5)9(6,7)8/h3H,1H3,(H,4,5)(H2,6,7,8). The SMILES string of the molecule is CC(N[C]=O)P(=O)(O)O. The number of rotatable bonds is 3. The number of nitrogens with one attached hydrogen (secondary N) is 1. The summed E-state index contributed by atoms with van der Waals surface area (Å²) in [5, 5.41) is 1.82. The molecule has 53 valence electrons. The zero-order chi connectivity index (χ0) is 7.49. The van der Waals surface area contributed by atoms with Crippen LogP contribution in [-0.2, 0) is 9.36 Å². The fraction of sp³-hybridized carbons (Fsp3) is 0.667. The molecule has 0 saturated heterocycles. The maximum Gasteiger partial charge on any atom is 0.347 e. The van der Waals surface area contributed by atoms with Crippen molar-refractivity contribution in [2.75, 3.05) is 0 Å². The molecule has 1 amide bonds. The third kappa shape index (κ3) is 3.24. The Bertz CT molecular complexity index is 141. The van der Waals surface area contributed by atoms with Crippen LogP contribution >= 0.6 is 7.60 Å². The van der Waals surface area contributed by atoms with E-state index in [4.69, 9.17) is 9.79 Å². The van der Waals surface area contributed by atoms with Crippen LogP contribution in [0, 0.1) is 0 Å². The summed E-state index contributed by atoms with van der Waals surface area (Å²) in [4.78, 5) is 26.1. The van der Waals surface area contributed by atoms with Crippen LogP contribution in [0.25, 0.3) is 0 Å². The minimum atomic E-state index is -4.15. The molecule has 0 rings (SSSR count). The largest absolute Gasteiger partial charge is 0.347 e. The monoisotopic (exact) mass is 152 g/mol. The Morgan fingerprint density at radius 3 is 2.22 bits per heavy atom. The Labute approximate surface area is 52.2 Å². The smallest absolute Gasteiger partial charge is 0.334 e. The van der Waals surface area contributed by atoms with Gasteiger partial charge in [-0.3, -0.25) is 9.36 Å². The van der Waals surface area contributed by atoms with Crippen molar-refractivity contribution in [3.8, 4) is 0 Å². The topological polar surface area (TPSA) is 86.6 Å². The summed E-state index contributed by atoms with van der Waals surface area (Å²) in [6, 6.07) is 0. The average molecular weight is 152 g/mol. The van der Waals surface area contributed by atoms with Gasteiger partial charge in [-0.25, -0.2) is 0 Å². The van der Waals surface area contributed by atoms with Crippen molar-refractivity contribution in [1.29, 1.82) is 0 Å². The molecule has 0 aliphatic rings. The van der Waals surface area contributed by atoms with E-state index in [-0.39, 0.29) is 0 Å². The molecule has 0 spiro atoms. The molecule has 6 heteroatoms. The molecule has 0 aromatic heterocycles. The lowest BCUT2D eigenvalue weighted by Crippen LogP contribution is -2.23. The molecule has 0 aromatic carbocycles. The van der Waals surface area contributed by atoms with Gasteiger partial charge in [0.25, 0.3) is 0 Å². The fourth-order valence-corrected chi connectivity index (χ4v) is 0.390. The Balaban J connectivity index is 3.88. The van der Waals surface area contributed by atoms with Crippen LogP contribution in [0.4, 0.5) is 0 Å². The van der Waals surface area contributed by atoms with Gasteiger partial charge in [0.2, 0.25) is 0 Å². The molecule has 0 bridgehead atoms. The Hall–Kier alpha value is -0.380. The Morgan fingerprint density at radius 2 is 2.11 bits per heavy atom. The van der Waals surface area contributed by atoms with E-state index < -0.39 is 13.4 Å². The summed E-state index contributed by atoms with van der Waals surface area (Å²) >= 11 is 0. The fourth-order valence-electron chi connectivity index (χ4n) is 0.169. The van der Waals surface area contributed by atoms with E-state index in [2.05, 4.69) is 0 Å². The van der Waals surface area contributed by atoms with Crippen molar-refractivity contribution in [1.82, 2.24) is 5.32 Å². The van der Waals surface area contributed by atoms with Gasteiger partial charge in [-0.1, -0.05) is 0 Å². The molecule has 0 fully saturated rings. The first-order valence-electron chi connectivity index (χ1n) is 2.16. The maximum absolute atomic E-state index is 10.2. The van der Waals surface area contributed by atoms with Gasteiger partial charge in [0.15, 0.2) is 0 Å². The molecule has 9 heavy (non-hydrogen) atoms. The predicted molar refractivity (Wildman–Crippen MR) is 30.3 cm³/mol. The molecular weight excluding hydrogens is 145 g/mol. The van der Waals surface area contributed by atoms with Crippen LogP contribution in [0.3, 0.4) is 0 Å². The van der Waals surface area contributed by atoms with E-state index in [1.165, 1.54) is 13.3 Å². The lowest BCUT2D eigenvalue weighted by molar-refractivity contribution is 0.356. The molecule has 0 heterocycles. The molecule has 0 aromatic rings. The minimum absolute atomic E-state index is 1.14. The molecule has 0 saturated carbocycles. The van der Waals surface area contributed by atoms with Gasteiger partial charge in [0.1, 0.15) is 5.78 Å². The van der Waals surface area contributed by atoms with Crippen molar-refractivity contribution in [3.63, 3.8) is 0 Å². The summed E-state index contributed by atoms with van der Waals surface area (Å²) in [5.74, 6) is -1.14.